The van der Waals surface area contributed by atoms with E-state index in [4.69, 9.17) is 9.15 Å². The van der Waals surface area contributed by atoms with Crippen LogP contribution in [0.1, 0.15) is 10.4 Å². The summed E-state index contributed by atoms with van der Waals surface area (Å²) in [4.78, 5) is 28.4. The summed E-state index contributed by atoms with van der Waals surface area (Å²) in [6.07, 6.45) is 0. The van der Waals surface area contributed by atoms with E-state index < -0.39 is 5.97 Å². The minimum absolute atomic E-state index is 0.239. The van der Waals surface area contributed by atoms with E-state index in [1.165, 1.54) is 0 Å². The Bertz CT molecular complexity index is 1120. The van der Waals surface area contributed by atoms with Crippen molar-refractivity contribution in [2.45, 2.75) is 0 Å². The third kappa shape index (κ3) is 3.91. The molecule has 0 fully saturated rings. The highest BCUT2D eigenvalue weighted by Gasteiger charge is 2.12. The van der Waals surface area contributed by atoms with Gasteiger partial charge in [0.1, 0.15) is 17.8 Å². The summed E-state index contributed by atoms with van der Waals surface area (Å²) in [5.41, 5.74) is 2.51. The molecule has 0 saturated carbocycles. The summed E-state index contributed by atoms with van der Waals surface area (Å²) >= 11 is 0. The Balaban J connectivity index is 1.41. The summed E-state index contributed by atoms with van der Waals surface area (Å²) in [5.74, 6) is -0.0985. The predicted octanol–water partition coefficient (Wildman–Crippen LogP) is 3.83. The molecule has 1 aromatic heterocycles. The molecule has 6 heteroatoms. The third-order valence-electron chi connectivity index (χ3n) is 4.04. The highest BCUT2D eigenvalue weighted by Crippen LogP contribution is 2.26. The van der Waals surface area contributed by atoms with E-state index in [0.29, 0.717) is 28.3 Å². The highest BCUT2D eigenvalue weighted by molar-refractivity contribution is 5.96. The lowest BCUT2D eigenvalue weighted by Crippen LogP contribution is -2.31. The molecular formula is C22H16N2O4. The molecule has 28 heavy (non-hydrogen) atoms. The van der Waals surface area contributed by atoms with Crippen molar-refractivity contribution >= 4 is 23.0 Å². The maximum atomic E-state index is 12.0. The molecular weight excluding hydrogens is 356 g/mol. The molecule has 3 aromatic carbocycles. The molecule has 0 bridgehead atoms. The van der Waals surface area contributed by atoms with Crippen LogP contribution in [0.15, 0.2) is 83.3 Å². The molecule has 4 aromatic rings. The first-order valence-corrected chi connectivity index (χ1v) is 8.69. The molecule has 138 valence electrons. The fourth-order valence-corrected chi connectivity index (χ4v) is 2.68. The van der Waals surface area contributed by atoms with Crippen molar-refractivity contribution in [2.24, 2.45) is 0 Å². The van der Waals surface area contributed by atoms with Crippen LogP contribution >= 0.6 is 0 Å². The molecule has 0 saturated heterocycles. The van der Waals surface area contributed by atoms with Crippen molar-refractivity contribution in [3.63, 3.8) is 0 Å². The van der Waals surface area contributed by atoms with Gasteiger partial charge in [0.25, 0.3) is 5.91 Å². The second kappa shape index (κ2) is 7.75. The van der Waals surface area contributed by atoms with Gasteiger partial charge in [0.05, 0.1) is 0 Å². The number of nitrogens with one attached hydrogen (secondary N) is 1. The second-order valence-electron chi connectivity index (χ2n) is 6.04. The van der Waals surface area contributed by atoms with E-state index >= 15 is 0 Å². The van der Waals surface area contributed by atoms with Gasteiger partial charge in [-0.1, -0.05) is 36.4 Å². The molecule has 1 N–H and O–H groups in total. The van der Waals surface area contributed by atoms with Crippen LogP contribution in [-0.2, 0) is 4.79 Å². The number of carbonyl (C=O) groups excluding carboxylic acids is 2. The average molecular weight is 372 g/mol. The van der Waals surface area contributed by atoms with Gasteiger partial charge in [-0.05, 0) is 36.4 Å². The van der Waals surface area contributed by atoms with Crippen molar-refractivity contribution < 1.29 is 18.7 Å². The number of hydrogen-bond donors (Lipinski definition) is 1. The highest BCUT2D eigenvalue weighted by atomic mass is 16.5. The zero-order valence-electron chi connectivity index (χ0n) is 14.8. The first-order chi connectivity index (χ1) is 13.7. The normalized spacial score (nSPS) is 10.6. The number of fused-ring (bicyclic) bond motifs is 1. The Labute approximate surface area is 160 Å². The van der Waals surface area contributed by atoms with Gasteiger partial charge in [0.15, 0.2) is 5.58 Å². The molecule has 1 amide bonds. The summed E-state index contributed by atoms with van der Waals surface area (Å²) in [5, 5.41) is 2.53. The second-order valence-corrected chi connectivity index (χ2v) is 6.04. The number of hydrogen-bond acceptors (Lipinski definition) is 5. The lowest BCUT2D eigenvalue weighted by molar-refractivity contribution is -0.133. The van der Waals surface area contributed by atoms with Crippen molar-refractivity contribution in [3.05, 3.63) is 84.4 Å². The molecule has 4 rings (SSSR count). The molecule has 0 unspecified atom stereocenters. The van der Waals surface area contributed by atoms with Gasteiger partial charge < -0.3 is 14.5 Å². The number of carbonyl (C=O) groups is 2. The van der Waals surface area contributed by atoms with E-state index in [9.17, 15) is 9.59 Å². The van der Waals surface area contributed by atoms with Crippen LogP contribution in [0.25, 0.3) is 22.6 Å². The Morgan fingerprint density at radius 1 is 0.929 bits per heavy atom. The minimum Gasteiger partial charge on any atom is -0.436 e. The monoisotopic (exact) mass is 372 g/mol. The Morgan fingerprint density at radius 3 is 2.39 bits per heavy atom. The van der Waals surface area contributed by atoms with E-state index in [-0.39, 0.29) is 12.5 Å². The molecule has 0 aliphatic carbocycles. The first-order valence-electron chi connectivity index (χ1n) is 8.69. The van der Waals surface area contributed by atoms with Crippen molar-refractivity contribution in [3.8, 4) is 17.2 Å². The van der Waals surface area contributed by atoms with E-state index in [2.05, 4.69) is 10.3 Å². The number of nitrogens with zero attached hydrogens (tertiary/aromatic N) is 1. The predicted molar refractivity (Wildman–Crippen MR) is 104 cm³/mol. The molecule has 0 aliphatic heterocycles. The van der Waals surface area contributed by atoms with Crippen LogP contribution in [0.5, 0.6) is 5.75 Å². The average Bonchev–Trinajstić information content (AvgIpc) is 3.17. The van der Waals surface area contributed by atoms with Crippen LogP contribution in [-0.4, -0.2) is 23.4 Å². The molecule has 6 nitrogen and oxygen atoms in total. The Kier molecular flexibility index (Phi) is 4.84. The maximum absolute atomic E-state index is 12.0. The van der Waals surface area contributed by atoms with Gasteiger partial charge >= 0.3 is 5.97 Å². The zero-order valence-corrected chi connectivity index (χ0v) is 14.8. The topological polar surface area (TPSA) is 81.4 Å². The van der Waals surface area contributed by atoms with Gasteiger partial charge in [0, 0.05) is 17.2 Å². The summed E-state index contributed by atoms with van der Waals surface area (Å²) < 4.78 is 11.0. The van der Waals surface area contributed by atoms with E-state index in [1.54, 1.807) is 42.5 Å². The lowest BCUT2D eigenvalue weighted by atomic mass is 10.2. The zero-order chi connectivity index (χ0) is 19.3. The van der Waals surface area contributed by atoms with Gasteiger partial charge in [-0.3, -0.25) is 4.79 Å². The van der Waals surface area contributed by atoms with Crippen LogP contribution in [0, 0.1) is 0 Å². The van der Waals surface area contributed by atoms with E-state index in [1.807, 2.05) is 36.4 Å². The third-order valence-corrected chi connectivity index (χ3v) is 4.04. The Hall–Kier alpha value is -3.93. The quantitative estimate of drug-likeness (QED) is 0.425. The molecule has 0 aliphatic rings. The van der Waals surface area contributed by atoms with Crippen molar-refractivity contribution in [1.82, 2.24) is 10.3 Å². The van der Waals surface area contributed by atoms with Crippen LogP contribution < -0.4 is 10.1 Å². The number of esters is 1. The fraction of sp³-hybridized carbons (Fsp3) is 0.0455. The maximum Gasteiger partial charge on any atom is 0.330 e. The number of oxazole rings is 1. The molecule has 0 spiro atoms. The Morgan fingerprint density at radius 2 is 1.64 bits per heavy atom. The SMILES string of the molecule is O=C(CNC(=O)c1ccccc1)Oc1ccc2nc(-c3ccccc3)oc2c1. The summed E-state index contributed by atoms with van der Waals surface area (Å²) in [6, 6.07) is 23.1. The number of aromatic nitrogens is 1. The van der Waals surface area contributed by atoms with Crippen molar-refractivity contribution in [2.75, 3.05) is 6.54 Å². The molecule has 0 atom stereocenters. The van der Waals surface area contributed by atoms with Gasteiger partial charge in [-0.25, -0.2) is 9.78 Å². The van der Waals surface area contributed by atoms with Gasteiger partial charge in [-0.15, -0.1) is 0 Å². The van der Waals surface area contributed by atoms with E-state index in [0.717, 1.165) is 5.56 Å². The first kappa shape index (κ1) is 17.5. The smallest absolute Gasteiger partial charge is 0.330 e. The number of amides is 1. The summed E-state index contributed by atoms with van der Waals surface area (Å²) in [6.45, 7) is -0.239. The number of rotatable bonds is 5. The fourth-order valence-electron chi connectivity index (χ4n) is 2.68. The van der Waals surface area contributed by atoms with Crippen molar-refractivity contribution in [1.29, 1.82) is 0 Å². The lowest BCUT2D eigenvalue weighted by Gasteiger charge is -2.06. The number of benzene rings is 3. The number of ether oxygens (including phenoxy) is 1. The summed E-state index contributed by atoms with van der Waals surface area (Å²) in [7, 11) is 0. The standard InChI is InChI=1S/C22H16N2O4/c25-20(14-23-21(26)15-7-3-1-4-8-15)27-17-11-12-18-19(13-17)28-22(24-18)16-9-5-2-6-10-16/h1-13H,14H2,(H,23,26). The van der Waals surface area contributed by atoms with Crippen LogP contribution in [0.4, 0.5) is 0 Å². The minimum atomic E-state index is -0.577. The van der Waals surface area contributed by atoms with Crippen LogP contribution in [0.2, 0.25) is 0 Å². The van der Waals surface area contributed by atoms with Gasteiger partial charge in [-0.2, -0.15) is 0 Å². The molecule has 1 heterocycles. The van der Waals surface area contributed by atoms with Crippen LogP contribution in [0.3, 0.4) is 0 Å². The largest absolute Gasteiger partial charge is 0.436 e. The van der Waals surface area contributed by atoms with Gasteiger partial charge in [0.2, 0.25) is 5.89 Å². The molecule has 0 radical (unpaired) electrons.